The summed E-state index contributed by atoms with van der Waals surface area (Å²) in [4.78, 5) is 14.5. The molecule has 28 heavy (non-hydrogen) atoms. The number of ether oxygens (including phenoxy) is 1. The molecule has 2 N–H and O–H groups in total. The third-order valence-corrected chi connectivity index (χ3v) is 4.86. The minimum absolute atomic E-state index is 0.0548. The van der Waals surface area contributed by atoms with Crippen LogP contribution in [0.1, 0.15) is 48.3 Å². The molecule has 1 aromatic carbocycles. The number of hydrogen-bond acceptors (Lipinski definition) is 6. The second kappa shape index (κ2) is 10.2. The number of carbonyl (C=O) groups is 1. The van der Waals surface area contributed by atoms with Crippen LogP contribution in [-0.4, -0.2) is 63.8 Å². The van der Waals surface area contributed by atoms with Gasteiger partial charge in [-0.25, -0.2) is 4.68 Å². The molecule has 1 aliphatic rings. The van der Waals surface area contributed by atoms with Crippen molar-refractivity contribution in [1.29, 1.82) is 0 Å². The summed E-state index contributed by atoms with van der Waals surface area (Å²) in [7, 11) is 0. The van der Waals surface area contributed by atoms with Crippen molar-refractivity contribution in [1.82, 2.24) is 25.2 Å². The second-order valence-corrected chi connectivity index (χ2v) is 7.02. The first kappa shape index (κ1) is 20.3. The maximum absolute atomic E-state index is 12.1. The Morgan fingerprint density at radius 3 is 2.93 bits per heavy atom. The maximum Gasteiger partial charge on any atom is 0.273 e. The number of likely N-dealkylation sites (tertiary alicyclic amines) is 1. The van der Waals surface area contributed by atoms with Gasteiger partial charge in [0.2, 0.25) is 0 Å². The monoisotopic (exact) mass is 387 g/mol. The molecule has 1 saturated heterocycles. The molecule has 152 valence electrons. The molecule has 0 radical (unpaired) electrons. The van der Waals surface area contributed by atoms with Crippen LogP contribution in [0.4, 0.5) is 0 Å². The first-order valence-corrected chi connectivity index (χ1v) is 9.94. The van der Waals surface area contributed by atoms with Gasteiger partial charge in [0.05, 0.1) is 18.8 Å². The van der Waals surface area contributed by atoms with Crippen LogP contribution < -0.4 is 10.1 Å². The van der Waals surface area contributed by atoms with Crippen LogP contribution in [0.15, 0.2) is 30.5 Å². The van der Waals surface area contributed by atoms with Gasteiger partial charge >= 0.3 is 0 Å². The van der Waals surface area contributed by atoms with Crippen LogP contribution in [-0.2, 0) is 6.54 Å². The summed E-state index contributed by atoms with van der Waals surface area (Å²) in [6, 6.07) is 8.46. The Labute approximate surface area is 165 Å². The first-order valence-electron chi connectivity index (χ1n) is 9.94. The summed E-state index contributed by atoms with van der Waals surface area (Å²) in [5, 5.41) is 19.7. The molecule has 0 bridgehead atoms. The van der Waals surface area contributed by atoms with E-state index in [1.54, 1.807) is 6.20 Å². The number of benzene rings is 1. The number of rotatable bonds is 9. The minimum Gasteiger partial charge on any atom is -0.494 e. The van der Waals surface area contributed by atoms with Crippen LogP contribution in [0, 0.1) is 0 Å². The van der Waals surface area contributed by atoms with Gasteiger partial charge in [-0.15, -0.1) is 5.10 Å². The fraction of sp³-hybridized carbons (Fsp3) is 0.550. The largest absolute Gasteiger partial charge is 0.494 e. The highest BCUT2D eigenvalue weighted by molar-refractivity contribution is 5.91. The first-order chi connectivity index (χ1) is 13.7. The van der Waals surface area contributed by atoms with Gasteiger partial charge in [0.25, 0.3) is 5.91 Å². The predicted octanol–water partition coefficient (Wildman–Crippen LogP) is 1.63. The number of aromatic nitrogens is 3. The molecule has 0 unspecified atom stereocenters. The molecule has 1 amide bonds. The molecule has 1 aliphatic heterocycles. The lowest BCUT2D eigenvalue weighted by atomic mass is 10.0. The number of hydrogen-bond donors (Lipinski definition) is 2. The van der Waals surface area contributed by atoms with Crippen LogP contribution in [0.2, 0.25) is 0 Å². The van der Waals surface area contributed by atoms with Crippen LogP contribution in [0.5, 0.6) is 5.75 Å². The van der Waals surface area contributed by atoms with Crippen LogP contribution in [0.25, 0.3) is 0 Å². The standard InChI is InChI=1S/C20H29N5O3/c1-2-28-18-8-6-16(7-9-18)13-24-11-3-5-17(14-24)25-15-19(22-23-25)20(27)21-10-4-12-26/h6-9,15,17,26H,2-5,10-14H2,1H3,(H,21,27)/t17-/m1/s1. The lowest BCUT2D eigenvalue weighted by Gasteiger charge is -2.32. The summed E-state index contributed by atoms with van der Waals surface area (Å²) in [5.41, 5.74) is 1.58. The van der Waals surface area contributed by atoms with E-state index in [2.05, 4.69) is 32.7 Å². The van der Waals surface area contributed by atoms with Gasteiger partial charge in [0.1, 0.15) is 5.75 Å². The average molecular weight is 387 g/mol. The molecule has 8 heteroatoms. The van der Waals surface area contributed by atoms with Crippen molar-refractivity contribution in [3.8, 4) is 5.75 Å². The van der Waals surface area contributed by atoms with Gasteiger partial charge in [0, 0.05) is 26.2 Å². The van der Waals surface area contributed by atoms with Gasteiger partial charge in [-0.2, -0.15) is 0 Å². The molecular weight excluding hydrogens is 358 g/mol. The van der Waals surface area contributed by atoms with Gasteiger partial charge in [-0.1, -0.05) is 17.3 Å². The summed E-state index contributed by atoms with van der Waals surface area (Å²) < 4.78 is 7.31. The number of carbonyl (C=O) groups excluding carboxylic acids is 1. The van der Waals surface area contributed by atoms with E-state index in [1.807, 2.05) is 23.7 Å². The lowest BCUT2D eigenvalue weighted by Crippen LogP contribution is -2.36. The van der Waals surface area contributed by atoms with Gasteiger partial charge in [0.15, 0.2) is 5.69 Å². The Hall–Kier alpha value is -2.45. The van der Waals surface area contributed by atoms with Gasteiger partial charge in [-0.3, -0.25) is 9.69 Å². The van der Waals surface area contributed by atoms with Crippen molar-refractivity contribution in [2.75, 3.05) is 32.8 Å². The molecule has 2 aromatic rings. The summed E-state index contributed by atoms with van der Waals surface area (Å²) in [6.07, 6.45) is 4.36. The smallest absolute Gasteiger partial charge is 0.273 e. The number of nitrogens with one attached hydrogen (secondary N) is 1. The normalized spacial score (nSPS) is 17.4. The lowest BCUT2D eigenvalue weighted by molar-refractivity contribution is 0.0946. The number of amides is 1. The zero-order valence-electron chi connectivity index (χ0n) is 16.4. The van der Waals surface area contributed by atoms with Crippen LogP contribution >= 0.6 is 0 Å². The highest BCUT2D eigenvalue weighted by Gasteiger charge is 2.23. The highest BCUT2D eigenvalue weighted by atomic mass is 16.5. The Balaban J connectivity index is 1.55. The summed E-state index contributed by atoms with van der Waals surface area (Å²) >= 11 is 0. The SMILES string of the molecule is CCOc1ccc(CN2CCC[C@@H](n3cc(C(=O)NCCCO)nn3)C2)cc1. The van der Waals surface area contributed by atoms with E-state index in [1.165, 1.54) is 5.56 Å². The van der Waals surface area contributed by atoms with Crippen molar-refractivity contribution >= 4 is 5.91 Å². The third-order valence-electron chi connectivity index (χ3n) is 4.86. The predicted molar refractivity (Wildman–Crippen MR) is 105 cm³/mol. The zero-order chi connectivity index (χ0) is 19.8. The molecule has 3 rings (SSSR count). The average Bonchev–Trinajstić information content (AvgIpc) is 3.21. The highest BCUT2D eigenvalue weighted by Crippen LogP contribution is 2.23. The van der Waals surface area contributed by atoms with Gasteiger partial charge in [-0.05, 0) is 50.4 Å². The minimum atomic E-state index is -0.248. The Morgan fingerprint density at radius 2 is 2.18 bits per heavy atom. The van der Waals surface area contributed by atoms with Crippen molar-refractivity contribution < 1.29 is 14.6 Å². The molecule has 2 heterocycles. The fourth-order valence-corrected chi connectivity index (χ4v) is 3.44. The van der Waals surface area contributed by atoms with Crippen molar-refractivity contribution in [3.63, 3.8) is 0 Å². The Bertz CT molecular complexity index is 747. The molecule has 1 aromatic heterocycles. The summed E-state index contributed by atoms with van der Waals surface area (Å²) in [6.45, 7) is 5.95. The van der Waals surface area contributed by atoms with E-state index >= 15 is 0 Å². The maximum atomic E-state index is 12.1. The Morgan fingerprint density at radius 1 is 1.36 bits per heavy atom. The van der Waals surface area contributed by atoms with Crippen molar-refractivity contribution in [3.05, 3.63) is 41.7 Å². The number of aliphatic hydroxyl groups excluding tert-OH is 1. The van der Waals surface area contributed by atoms with E-state index in [-0.39, 0.29) is 18.6 Å². The molecule has 8 nitrogen and oxygen atoms in total. The summed E-state index contributed by atoms with van der Waals surface area (Å²) in [5.74, 6) is 0.650. The molecule has 0 spiro atoms. The van der Waals surface area contributed by atoms with E-state index in [9.17, 15) is 4.79 Å². The van der Waals surface area contributed by atoms with Crippen molar-refractivity contribution in [2.45, 2.75) is 38.8 Å². The zero-order valence-corrected chi connectivity index (χ0v) is 16.4. The Kier molecular flexibility index (Phi) is 7.39. The van der Waals surface area contributed by atoms with E-state index in [0.29, 0.717) is 25.3 Å². The number of nitrogens with zero attached hydrogens (tertiary/aromatic N) is 4. The third kappa shape index (κ3) is 5.53. The molecule has 1 fully saturated rings. The van der Waals surface area contributed by atoms with Crippen molar-refractivity contribution in [2.24, 2.45) is 0 Å². The van der Waals surface area contributed by atoms with E-state index < -0.39 is 0 Å². The van der Waals surface area contributed by atoms with E-state index in [0.717, 1.165) is 38.2 Å². The van der Waals surface area contributed by atoms with E-state index in [4.69, 9.17) is 9.84 Å². The fourth-order valence-electron chi connectivity index (χ4n) is 3.44. The molecule has 0 aliphatic carbocycles. The number of piperidine rings is 1. The molecule has 1 atom stereocenters. The molecule has 0 saturated carbocycles. The molecular formula is C20H29N5O3. The van der Waals surface area contributed by atoms with Crippen LogP contribution in [0.3, 0.4) is 0 Å². The quantitative estimate of drug-likeness (QED) is 0.636. The topological polar surface area (TPSA) is 92.5 Å². The van der Waals surface area contributed by atoms with Gasteiger partial charge < -0.3 is 15.2 Å². The second-order valence-electron chi connectivity index (χ2n) is 7.02. The number of aliphatic hydroxyl groups is 1.